The topological polar surface area (TPSA) is 34.1 Å². The van der Waals surface area contributed by atoms with E-state index < -0.39 is 19.8 Å². The SMILES string of the molecule is [Li][CH2]S(=O)(=O)C(F)(F)F. The molecule has 0 saturated carbocycles. The van der Waals surface area contributed by atoms with Gasteiger partial charge in [-0.05, 0) is 0 Å². The van der Waals surface area contributed by atoms with E-state index in [0.717, 1.165) is 17.7 Å². The Morgan fingerprint density at radius 2 is 1.67 bits per heavy atom. The van der Waals surface area contributed by atoms with E-state index in [0.29, 0.717) is 0 Å². The van der Waals surface area contributed by atoms with Crippen molar-refractivity contribution in [2.24, 2.45) is 0 Å². The van der Waals surface area contributed by atoms with Gasteiger partial charge in [0.25, 0.3) is 0 Å². The molecule has 50 valence electrons. The zero-order valence-electron chi connectivity index (χ0n) is 4.57. The van der Waals surface area contributed by atoms with Crippen LogP contribution >= 0.6 is 0 Å². The van der Waals surface area contributed by atoms with Crippen molar-refractivity contribution in [1.82, 2.24) is 0 Å². The first-order valence-corrected chi connectivity index (χ1v) is 3.75. The second kappa shape index (κ2) is 2.52. The van der Waals surface area contributed by atoms with Gasteiger partial charge in [-0.25, -0.2) is 0 Å². The second-order valence-corrected chi connectivity index (χ2v) is 3.62. The molecule has 0 saturated heterocycles. The number of alkyl halides is 3. The van der Waals surface area contributed by atoms with Gasteiger partial charge in [0.05, 0.1) is 0 Å². The number of halogens is 3. The van der Waals surface area contributed by atoms with Gasteiger partial charge < -0.3 is 0 Å². The number of sulfone groups is 1. The molecule has 0 aliphatic rings. The van der Waals surface area contributed by atoms with Crippen LogP contribution in [0.25, 0.3) is 0 Å². The molecule has 0 aromatic heterocycles. The molecule has 0 aliphatic carbocycles. The summed E-state index contributed by atoms with van der Waals surface area (Å²) in [4.78, 5) is 0. The summed E-state index contributed by atoms with van der Waals surface area (Å²) in [7, 11) is -4.84. The predicted octanol–water partition coefficient (Wildman–Crippen LogP) is 0.0470. The summed E-state index contributed by atoms with van der Waals surface area (Å²) < 4.78 is 52.6. The molecule has 2 nitrogen and oxygen atoms in total. The maximum absolute atomic E-state index is 11.2. The predicted molar refractivity (Wildman–Crippen MR) is 25.6 cm³/mol. The van der Waals surface area contributed by atoms with Crippen LogP contribution in [0, 0.1) is 0 Å². The number of rotatable bonds is 1. The molecule has 7 heteroatoms. The molecular weight excluding hydrogens is 152 g/mol. The summed E-state index contributed by atoms with van der Waals surface area (Å²) in [6.45, 7) is 0. The van der Waals surface area contributed by atoms with E-state index in [1.807, 2.05) is 0 Å². The minimum atomic E-state index is -5.08. The Morgan fingerprint density at radius 3 is 1.67 bits per heavy atom. The van der Waals surface area contributed by atoms with Crippen molar-refractivity contribution in [1.29, 1.82) is 0 Å². The van der Waals surface area contributed by atoms with E-state index in [1.165, 1.54) is 0 Å². The molecule has 0 rings (SSSR count). The van der Waals surface area contributed by atoms with Crippen LogP contribution in [0.3, 0.4) is 0 Å². The van der Waals surface area contributed by atoms with Crippen molar-refractivity contribution in [3.05, 3.63) is 0 Å². The van der Waals surface area contributed by atoms with Crippen LogP contribution < -0.4 is 0 Å². The summed E-state index contributed by atoms with van der Waals surface area (Å²) >= 11 is 0.947. The second-order valence-electron chi connectivity index (χ2n) is 1.35. The molecule has 0 amide bonds. The van der Waals surface area contributed by atoms with Crippen molar-refractivity contribution >= 4 is 27.6 Å². The van der Waals surface area contributed by atoms with E-state index >= 15 is 0 Å². The Labute approximate surface area is 59.5 Å². The van der Waals surface area contributed by atoms with Crippen LogP contribution in [-0.4, -0.2) is 36.1 Å². The molecule has 0 aromatic carbocycles. The molecule has 0 bridgehead atoms. The Kier molecular flexibility index (Phi) is 2.62. The van der Waals surface area contributed by atoms with Crippen molar-refractivity contribution in [2.45, 2.75) is 5.51 Å². The summed E-state index contributed by atoms with van der Waals surface area (Å²) in [5.41, 5.74) is -5.08. The Morgan fingerprint density at radius 1 is 1.33 bits per heavy atom. The molecule has 0 N–H and O–H groups in total. The molecule has 0 heterocycles. The van der Waals surface area contributed by atoms with E-state index in [9.17, 15) is 21.6 Å². The molecular formula is C2H2F3LiO2S. The van der Waals surface area contributed by atoms with Gasteiger partial charge in [0, 0.05) is 0 Å². The maximum atomic E-state index is 11.2. The van der Waals surface area contributed by atoms with E-state index in [1.54, 1.807) is 0 Å². The van der Waals surface area contributed by atoms with E-state index in [2.05, 4.69) is 0 Å². The average molecular weight is 154 g/mol. The van der Waals surface area contributed by atoms with E-state index in [4.69, 9.17) is 0 Å². The Balaban J connectivity index is 4.57. The van der Waals surface area contributed by atoms with Gasteiger partial charge >= 0.3 is 59.1 Å². The van der Waals surface area contributed by atoms with Crippen LogP contribution in [0.5, 0.6) is 0 Å². The zero-order chi connectivity index (χ0) is 7.71. The van der Waals surface area contributed by atoms with Crippen LogP contribution in [0.4, 0.5) is 13.2 Å². The molecule has 0 aliphatic heterocycles. The molecule has 0 radical (unpaired) electrons. The van der Waals surface area contributed by atoms with Gasteiger partial charge in [0.2, 0.25) is 0 Å². The first-order chi connectivity index (χ1) is 3.81. The van der Waals surface area contributed by atoms with Crippen molar-refractivity contribution in [2.75, 3.05) is 4.43 Å². The first-order valence-electron chi connectivity index (χ1n) is 2.10. The first kappa shape index (κ1) is 9.34. The average Bonchev–Trinajstić information content (AvgIpc) is 1.64. The summed E-state index contributed by atoms with van der Waals surface area (Å²) in [5, 5.41) is 0. The number of hydrogen-bond acceptors (Lipinski definition) is 2. The third kappa shape index (κ3) is 2.20. The van der Waals surface area contributed by atoms with Crippen molar-refractivity contribution < 1.29 is 21.6 Å². The van der Waals surface area contributed by atoms with Gasteiger partial charge in [0.15, 0.2) is 0 Å². The third-order valence-corrected chi connectivity index (χ3v) is 2.20. The van der Waals surface area contributed by atoms with Gasteiger partial charge in [0.1, 0.15) is 0 Å². The van der Waals surface area contributed by atoms with Gasteiger partial charge in [-0.15, -0.1) is 0 Å². The van der Waals surface area contributed by atoms with Crippen molar-refractivity contribution in [3.63, 3.8) is 0 Å². The molecule has 0 aromatic rings. The molecule has 9 heavy (non-hydrogen) atoms. The monoisotopic (exact) mass is 154 g/mol. The summed E-state index contributed by atoms with van der Waals surface area (Å²) in [5.74, 6) is 0. The van der Waals surface area contributed by atoms with Crippen LogP contribution in [0.1, 0.15) is 0 Å². The van der Waals surface area contributed by atoms with Crippen LogP contribution in [0.2, 0.25) is 0 Å². The molecule has 0 unspecified atom stereocenters. The van der Waals surface area contributed by atoms with Gasteiger partial charge in [-0.2, -0.15) is 0 Å². The van der Waals surface area contributed by atoms with E-state index in [-0.39, 0.29) is 0 Å². The van der Waals surface area contributed by atoms with Gasteiger partial charge in [-0.1, -0.05) is 0 Å². The fourth-order valence-electron chi connectivity index (χ4n) is 0.164. The minimum absolute atomic E-state index is 0.892. The Hall–Kier alpha value is 0.337. The quantitative estimate of drug-likeness (QED) is 0.500. The van der Waals surface area contributed by atoms with Crippen molar-refractivity contribution in [3.8, 4) is 0 Å². The molecule has 0 spiro atoms. The van der Waals surface area contributed by atoms with Crippen LogP contribution in [0.15, 0.2) is 0 Å². The molecule has 0 atom stereocenters. The fourth-order valence-corrected chi connectivity index (χ4v) is 0.491. The Bertz CT molecular complexity index is 180. The summed E-state index contributed by atoms with van der Waals surface area (Å²) in [6, 6.07) is 0. The molecule has 0 fully saturated rings. The summed E-state index contributed by atoms with van der Waals surface area (Å²) in [6.07, 6.45) is 0. The normalized spacial score (nSPS) is 13.9. The van der Waals surface area contributed by atoms with Gasteiger partial charge in [-0.3, -0.25) is 0 Å². The zero-order valence-corrected chi connectivity index (χ0v) is 5.38. The fraction of sp³-hybridized carbons (Fsp3) is 1.00. The van der Waals surface area contributed by atoms with Crippen LogP contribution in [-0.2, 0) is 9.84 Å². The standard InChI is InChI=1S/C2H2F3O2S.Li/c1-8(6,7)2(3,4)5;/h1H2;. The number of hydrogen-bond donors (Lipinski definition) is 0. The third-order valence-electron chi connectivity index (χ3n) is 0.733.